The highest BCUT2D eigenvalue weighted by molar-refractivity contribution is 7.80. The van der Waals surface area contributed by atoms with Crippen LogP contribution in [0.3, 0.4) is 0 Å². The van der Waals surface area contributed by atoms with Gasteiger partial charge in [0.15, 0.2) is 0 Å². The molecule has 0 aliphatic heterocycles. The van der Waals surface area contributed by atoms with Crippen molar-refractivity contribution in [3.63, 3.8) is 0 Å². The summed E-state index contributed by atoms with van der Waals surface area (Å²) in [5, 5.41) is 0. The third-order valence-electron chi connectivity index (χ3n) is 2.43. The molecule has 0 fully saturated rings. The summed E-state index contributed by atoms with van der Waals surface area (Å²) >= 11 is 4.89. The van der Waals surface area contributed by atoms with Gasteiger partial charge in [-0.15, -0.1) is 0 Å². The fraction of sp³-hybridized carbons (Fsp3) is 0.818. The first-order chi connectivity index (χ1) is 7.20. The van der Waals surface area contributed by atoms with Crippen LogP contribution < -0.4 is 5.73 Å². The van der Waals surface area contributed by atoms with Crippen molar-refractivity contribution in [2.45, 2.75) is 33.7 Å². The van der Waals surface area contributed by atoms with Crippen molar-refractivity contribution in [3.8, 4) is 0 Å². The number of hydrogen-bond donors (Lipinski definition) is 1. The number of methoxy groups -OCH3 is 1. The van der Waals surface area contributed by atoms with E-state index in [0.29, 0.717) is 18.1 Å². The second kappa shape index (κ2) is 6.15. The van der Waals surface area contributed by atoms with E-state index in [1.54, 1.807) is 0 Å². The summed E-state index contributed by atoms with van der Waals surface area (Å²) in [5.41, 5.74) is 4.98. The lowest BCUT2D eigenvalue weighted by Crippen LogP contribution is -2.46. The molecule has 0 aromatic heterocycles. The first kappa shape index (κ1) is 15.3. The number of nitrogens with zero attached hydrogens (tertiary/aromatic N) is 1. The molecule has 0 aromatic rings. The summed E-state index contributed by atoms with van der Waals surface area (Å²) in [6, 6.07) is 0.283. The molecule has 0 saturated carbocycles. The first-order valence-corrected chi connectivity index (χ1v) is 5.72. The van der Waals surface area contributed by atoms with E-state index in [-0.39, 0.29) is 12.0 Å². The Bertz CT molecular complexity index is 265. The Morgan fingerprint density at radius 2 is 2.00 bits per heavy atom. The minimum Gasteiger partial charge on any atom is -0.469 e. The number of esters is 1. The van der Waals surface area contributed by atoms with Crippen LogP contribution in [0.15, 0.2) is 0 Å². The number of ether oxygens (including phenoxy) is 1. The van der Waals surface area contributed by atoms with Gasteiger partial charge in [0, 0.05) is 19.1 Å². The maximum atomic E-state index is 11.6. The van der Waals surface area contributed by atoms with E-state index >= 15 is 0 Å². The molecule has 0 radical (unpaired) electrons. The highest BCUT2D eigenvalue weighted by Gasteiger charge is 2.32. The van der Waals surface area contributed by atoms with Gasteiger partial charge in [-0.2, -0.15) is 0 Å². The lowest BCUT2D eigenvalue weighted by molar-refractivity contribution is -0.151. The molecule has 0 aromatic carbocycles. The van der Waals surface area contributed by atoms with Crippen LogP contribution >= 0.6 is 12.2 Å². The van der Waals surface area contributed by atoms with Gasteiger partial charge in [-0.25, -0.2) is 0 Å². The molecule has 0 spiro atoms. The molecule has 0 saturated heterocycles. The molecule has 0 rings (SSSR count). The monoisotopic (exact) mass is 246 g/mol. The maximum Gasteiger partial charge on any atom is 0.312 e. The molecule has 0 atom stereocenters. The standard InChI is InChI=1S/C11H22N2O2S/c1-8(2)13(6-9(12)16)7-11(3,4)10(14)15-5/h8H,6-7H2,1-5H3,(H2,12,16). The lowest BCUT2D eigenvalue weighted by Gasteiger charge is -2.33. The molecule has 4 nitrogen and oxygen atoms in total. The van der Waals surface area contributed by atoms with Crippen LogP contribution in [0.5, 0.6) is 0 Å². The van der Waals surface area contributed by atoms with Gasteiger partial charge >= 0.3 is 5.97 Å². The molecule has 16 heavy (non-hydrogen) atoms. The zero-order valence-corrected chi connectivity index (χ0v) is 11.6. The second-order valence-corrected chi connectivity index (χ2v) is 5.36. The predicted octanol–water partition coefficient (Wildman–Crippen LogP) is 1.18. The van der Waals surface area contributed by atoms with E-state index in [1.165, 1.54) is 7.11 Å². The normalized spacial score (nSPS) is 11.9. The molecule has 2 N–H and O–H groups in total. The maximum absolute atomic E-state index is 11.6. The SMILES string of the molecule is COC(=O)C(C)(C)CN(CC(N)=S)C(C)C. The average Bonchev–Trinajstić information content (AvgIpc) is 2.14. The highest BCUT2D eigenvalue weighted by Crippen LogP contribution is 2.20. The summed E-state index contributed by atoms with van der Waals surface area (Å²) in [7, 11) is 1.40. The summed E-state index contributed by atoms with van der Waals surface area (Å²) < 4.78 is 4.77. The third kappa shape index (κ3) is 4.90. The fourth-order valence-corrected chi connectivity index (χ4v) is 1.64. The van der Waals surface area contributed by atoms with Crippen molar-refractivity contribution in [1.29, 1.82) is 0 Å². The van der Waals surface area contributed by atoms with Crippen molar-refractivity contribution in [2.75, 3.05) is 20.2 Å². The predicted molar refractivity (Wildman–Crippen MR) is 69.3 cm³/mol. The largest absolute Gasteiger partial charge is 0.469 e. The van der Waals surface area contributed by atoms with Gasteiger partial charge in [0.1, 0.15) is 0 Å². The molecular formula is C11H22N2O2S. The smallest absolute Gasteiger partial charge is 0.312 e. The van der Waals surface area contributed by atoms with Crippen LogP contribution in [0.2, 0.25) is 0 Å². The van der Waals surface area contributed by atoms with Crippen LogP contribution in [0.25, 0.3) is 0 Å². The van der Waals surface area contributed by atoms with E-state index in [4.69, 9.17) is 22.7 Å². The summed E-state index contributed by atoms with van der Waals surface area (Å²) in [6.45, 7) is 8.90. The molecule has 0 unspecified atom stereocenters. The highest BCUT2D eigenvalue weighted by atomic mass is 32.1. The topological polar surface area (TPSA) is 55.6 Å². The van der Waals surface area contributed by atoms with Gasteiger partial charge in [0.05, 0.1) is 17.5 Å². The van der Waals surface area contributed by atoms with Crippen LogP contribution in [0, 0.1) is 5.41 Å². The van der Waals surface area contributed by atoms with Crippen LogP contribution in [0.1, 0.15) is 27.7 Å². The molecule has 94 valence electrons. The summed E-state index contributed by atoms with van der Waals surface area (Å²) in [6.07, 6.45) is 0. The molecular weight excluding hydrogens is 224 g/mol. The number of hydrogen-bond acceptors (Lipinski definition) is 4. The van der Waals surface area contributed by atoms with Gasteiger partial charge < -0.3 is 10.5 Å². The van der Waals surface area contributed by atoms with Crippen molar-refractivity contribution < 1.29 is 9.53 Å². The van der Waals surface area contributed by atoms with E-state index in [2.05, 4.69) is 4.90 Å². The van der Waals surface area contributed by atoms with Gasteiger partial charge in [-0.1, -0.05) is 12.2 Å². The van der Waals surface area contributed by atoms with E-state index in [0.717, 1.165) is 0 Å². The number of rotatable bonds is 6. The Morgan fingerprint density at radius 3 is 2.31 bits per heavy atom. The van der Waals surface area contributed by atoms with Crippen molar-refractivity contribution in [1.82, 2.24) is 4.90 Å². The van der Waals surface area contributed by atoms with E-state index < -0.39 is 5.41 Å². The van der Waals surface area contributed by atoms with Crippen LogP contribution in [0.4, 0.5) is 0 Å². The van der Waals surface area contributed by atoms with Gasteiger partial charge in [0.25, 0.3) is 0 Å². The molecule has 0 heterocycles. The summed E-state index contributed by atoms with van der Waals surface area (Å²) in [4.78, 5) is 14.1. The van der Waals surface area contributed by atoms with Crippen molar-refractivity contribution in [3.05, 3.63) is 0 Å². The van der Waals surface area contributed by atoms with Crippen molar-refractivity contribution >= 4 is 23.2 Å². The Kier molecular flexibility index (Phi) is 5.89. The number of carbonyl (C=O) groups excluding carboxylic acids is 1. The molecule has 0 amide bonds. The minimum absolute atomic E-state index is 0.221. The Labute approximate surface area is 103 Å². The summed E-state index contributed by atoms with van der Waals surface area (Å²) in [5.74, 6) is -0.221. The van der Waals surface area contributed by atoms with Gasteiger partial charge in [0.2, 0.25) is 0 Å². The molecule has 0 aliphatic carbocycles. The Hall–Kier alpha value is -0.680. The minimum atomic E-state index is -0.552. The van der Waals surface area contributed by atoms with Crippen molar-refractivity contribution in [2.24, 2.45) is 11.1 Å². The lowest BCUT2D eigenvalue weighted by atomic mass is 9.92. The van der Waals surface area contributed by atoms with Gasteiger partial charge in [-0.3, -0.25) is 9.69 Å². The molecule has 0 bridgehead atoms. The Balaban J connectivity index is 4.61. The second-order valence-electron chi connectivity index (χ2n) is 4.84. The average molecular weight is 246 g/mol. The molecule has 0 aliphatic rings. The zero-order chi connectivity index (χ0) is 12.9. The van der Waals surface area contributed by atoms with Gasteiger partial charge in [-0.05, 0) is 27.7 Å². The first-order valence-electron chi connectivity index (χ1n) is 5.31. The van der Waals surface area contributed by atoms with Crippen LogP contribution in [-0.4, -0.2) is 42.1 Å². The number of thiocarbonyl (C=S) groups is 1. The number of nitrogens with two attached hydrogens (primary N) is 1. The van der Waals surface area contributed by atoms with E-state index in [1.807, 2.05) is 27.7 Å². The molecule has 5 heteroatoms. The van der Waals surface area contributed by atoms with E-state index in [9.17, 15) is 4.79 Å². The number of carbonyl (C=O) groups is 1. The fourth-order valence-electron chi connectivity index (χ4n) is 1.47. The Morgan fingerprint density at radius 1 is 1.50 bits per heavy atom. The third-order valence-corrected chi connectivity index (χ3v) is 2.55. The zero-order valence-electron chi connectivity index (χ0n) is 10.7. The van der Waals surface area contributed by atoms with Crippen LogP contribution in [-0.2, 0) is 9.53 Å². The quantitative estimate of drug-likeness (QED) is 0.563.